The van der Waals surface area contributed by atoms with E-state index in [0.717, 1.165) is 81.2 Å². The van der Waals surface area contributed by atoms with Crippen LogP contribution < -0.4 is 5.32 Å². The summed E-state index contributed by atoms with van der Waals surface area (Å²) < 4.78 is 13.5. The van der Waals surface area contributed by atoms with Gasteiger partial charge in [-0.25, -0.2) is 15.0 Å². The molecular weight excluding hydrogens is 440 g/mol. The van der Waals surface area contributed by atoms with Crippen molar-refractivity contribution in [2.45, 2.75) is 51.5 Å². The number of rotatable bonds is 10. The third kappa shape index (κ3) is 6.26. The molecule has 1 saturated heterocycles. The molecule has 0 aromatic carbocycles. The Balaban J connectivity index is 1.07. The monoisotopic (exact) mass is 474 g/mol. The van der Waals surface area contributed by atoms with Crippen molar-refractivity contribution in [1.29, 1.82) is 0 Å². The van der Waals surface area contributed by atoms with Gasteiger partial charge >= 0.3 is 0 Å². The highest BCUT2D eigenvalue weighted by atomic mass is 16.5. The van der Waals surface area contributed by atoms with Crippen LogP contribution in [0.1, 0.15) is 56.0 Å². The summed E-state index contributed by atoms with van der Waals surface area (Å²) in [6.45, 7) is 5.88. The van der Waals surface area contributed by atoms with Crippen LogP contribution in [0.4, 0.5) is 0 Å². The molecule has 0 bridgehead atoms. The molecule has 0 radical (unpaired) electrons. The van der Waals surface area contributed by atoms with Crippen molar-refractivity contribution in [3.8, 4) is 5.95 Å². The minimum Gasteiger partial charge on any atom is -0.466 e. The largest absolute Gasteiger partial charge is 0.466 e. The average Bonchev–Trinajstić information content (AvgIpc) is 3.57. The Morgan fingerprint density at radius 1 is 1.17 bits per heavy atom. The maximum absolute atomic E-state index is 6.06. The van der Waals surface area contributed by atoms with Gasteiger partial charge in [0.05, 0.1) is 11.7 Å². The highest BCUT2D eigenvalue weighted by Crippen LogP contribution is 2.31. The SMILES string of the molecule is Cc1cc(C2CCCN2CCNCCC2=COC=C(CC3=CC=CCC3)O2)nc(-n2ccnc2)n1. The van der Waals surface area contributed by atoms with E-state index in [2.05, 4.69) is 44.5 Å². The second-order valence-corrected chi connectivity index (χ2v) is 9.27. The van der Waals surface area contributed by atoms with E-state index < -0.39 is 0 Å². The van der Waals surface area contributed by atoms with Crippen molar-refractivity contribution >= 4 is 0 Å². The summed E-state index contributed by atoms with van der Waals surface area (Å²) in [5, 5.41) is 3.57. The minimum absolute atomic E-state index is 0.329. The molecule has 2 aliphatic heterocycles. The summed E-state index contributed by atoms with van der Waals surface area (Å²) in [5.74, 6) is 2.46. The number of allylic oxidation sites excluding steroid dienone is 4. The standard InChI is InChI=1S/C27H34N6O2/c1-21-16-25(31-27(30-21)33-15-12-29-20-33)26-8-5-13-32(26)14-11-28-10-9-23-18-34-19-24(35-23)17-22-6-3-2-4-7-22/h2-3,6,12,15-16,18-20,26,28H,4-5,7-11,13-14,17H2,1H3. The Bertz CT molecular complexity index is 1120. The highest BCUT2D eigenvalue weighted by molar-refractivity contribution is 5.23. The Morgan fingerprint density at radius 2 is 2.11 bits per heavy atom. The lowest BCUT2D eigenvalue weighted by atomic mass is 10.0. The van der Waals surface area contributed by atoms with Crippen LogP contribution in [0.25, 0.3) is 5.95 Å². The Kier molecular flexibility index (Phi) is 7.70. The number of aryl methyl sites for hydroxylation is 1. The van der Waals surface area contributed by atoms with Crippen LogP contribution in [0.3, 0.4) is 0 Å². The van der Waals surface area contributed by atoms with Gasteiger partial charge in [-0.1, -0.05) is 23.8 Å². The zero-order valence-corrected chi connectivity index (χ0v) is 20.4. The van der Waals surface area contributed by atoms with E-state index in [4.69, 9.17) is 14.5 Å². The molecule has 1 N–H and O–H groups in total. The molecule has 1 atom stereocenters. The van der Waals surface area contributed by atoms with Gasteiger partial charge < -0.3 is 14.8 Å². The van der Waals surface area contributed by atoms with E-state index in [9.17, 15) is 0 Å². The molecule has 8 heteroatoms. The van der Waals surface area contributed by atoms with E-state index in [1.54, 1.807) is 25.0 Å². The van der Waals surface area contributed by atoms with E-state index in [1.165, 1.54) is 12.0 Å². The fraction of sp³-hybridized carbons (Fsp3) is 0.444. The number of hydrogen-bond donors (Lipinski definition) is 1. The highest BCUT2D eigenvalue weighted by Gasteiger charge is 2.27. The molecule has 1 unspecified atom stereocenters. The summed E-state index contributed by atoms with van der Waals surface area (Å²) in [7, 11) is 0. The molecule has 0 saturated carbocycles. The van der Waals surface area contributed by atoms with Crippen molar-refractivity contribution in [2.75, 3.05) is 26.2 Å². The van der Waals surface area contributed by atoms with E-state index in [-0.39, 0.29) is 0 Å². The molecule has 184 valence electrons. The van der Waals surface area contributed by atoms with E-state index in [1.807, 2.05) is 17.7 Å². The Morgan fingerprint density at radius 3 is 2.97 bits per heavy atom. The molecule has 4 heterocycles. The number of nitrogens with zero attached hydrogens (tertiary/aromatic N) is 5. The van der Waals surface area contributed by atoms with Crippen LogP contribution in [-0.2, 0) is 9.47 Å². The maximum atomic E-state index is 6.06. The van der Waals surface area contributed by atoms with Gasteiger partial charge in [0.2, 0.25) is 5.95 Å². The van der Waals surface area contributed by atoms with Gasteiger partial charge in [0.15, 0.2) is 0 Å². The number of nitrogens with one attached hydrogen (secondary N) is 1. The number of ether oxygens (including phenoxy) is 2. The van der Waals surface area contributed by atoms with Gasteiger partial charge in [0.25, 0.3) is 0 Å². The number of imidazole rings is 1. The molecule has 8 nitrogen and oxygen atoms in total. The normalized spacial score (nSPS) is 20.1. The number of aromatic nitrogens is 4. The van der Waals surface area contributed by atoms with Crippen LogP contribution >= 0.6 is 0 Å². The van der Waals surface area contributed by atoms with Crippen molar-refractivity contribution in [2.24, 2.45) is 0 Å². The Hall–Kier alpha value is -3.23. The zero-order chi connectivity index (χ0) is 23.9. The van der Waals surface area contributed by atoms with Crippen molar-refractivity contribution in [1.82, 2.24) is 29.7 Å². The number of likely N-dealkylation sites (tertiary alicyclic amines) is 1. The minimum atomic E-state index is 0.329. The van der Waals surface area contributed by atoms with E-state index >= 15 is 0 Å². The van der Waals surface area contributed by atoms with Gasteiger partial charge in [-0.05, 0) is 45.2 Å². The lowest BCUT2D eigenvalue weighted by molar-refractivity contribution is 0.206. The van der Waals surface area contributed by atoms with Crippen molar-refractivity contribution in [3.05, 3.63) is 84.0 Å². The molecule has 1 fully saturated rings. The van der Waals surface area contributed by atoms with Crippen molar-refractivity contribution in [3.63, 3.8) is 0 Å². The first kappa shape index (κ1) is 23.5. The molecule has 0 spiro atoms. The Labute approximate surface area is 207 Å². The van der Waals surface area contributed by atoms with Gasteiger partial charge in [0, 0.05) is 50.6 Å². The lowest BCUT2D eigenvalue weighted by Gasteiger charge is -2.25. The smallest absolute Gasteiger partial charge is 0.235 e. The molecule has 1 aliphatic carbocycles. The first-order chi connectivity index (χ1) is 17.2. The summed E-state index contributed by atoms with van der Waals surface area (Å²) in [6, 6.07) is 2.45. The van der Waals surface area contributed by atoms with Gasteiger partial charge in [-0.3, -0.25) is 9.47 Å². The third-order valence-electron chi connectivity index (χ3n) is 6.59. The summed E-state index contributed by atoms with van der Waals surface area (Å²) in [4.78, 5) is 16.1. The zero-order valence-electron chi connectivity index (χ0n) is 20.4. The third-order valence-corrected chi connectivity index (χ3v) is 6.59. The van der Waals surface area contributed by atoms with Crippen LogP contribution in [0.5, 0.6) is 0 Å². The topological polar surface area (TPSA) is 77.3 Å². The van der Waals surface area contributed by atoms with Crippen LogP contribution in [0, 0.1) is 6.92 Å². The summed E-state index contributed by atoms with van der Waals surface area (Å²) in [5.41, 5.74) is 3.47. The van der Waals surface area contributed by atoms with Crippen LogP contribution in [-0.4, -0.2) is 50.6 Å². The second kappa shape index (κ2) is 11.5. The first-order valence-electron chi connectivity index (χ1n) is 12.6. The lowest BCUT2D eigenvalue weighted by Crippen LogP contribution is -2.33. The summed E-state index contributed by atoms with van der Waals surface area (Å²) >= 11 is 0. The first-order valence-corrected chi connectivity index (χ1v) is 12.6. The maximum Gasteiger partial charge on any atom is 0.235 e. The molecule has 2 aromatic rings. The summed E-state index contributed by atoms with van der Waals surface area (Å²) in [6.07, 6.45) is 21.4. The quantitative estimate of drug-likeness (QED) is 0.509. The molecule has 3 aliphatic rings. The van der Waals surface area contributed by atoms with E-state index in [0.29, 0.717) is 12.0 Å². The van der Waals surface area contributed by atoms with Gasteiger partial charge in [-0.2, -0.15) is 0 Å². The predicted octanol–water partition coefficient (Wildman–Crippen LogP) is 4.48. The molecular formula is C27H34N6O2. The second-order valence-electron chi connectivity index (χ2n) is 9.27. The molecule has 0 amide bonds. The fourth-order valence-electron chi connectivity index (χ4n) is 4.84. The molecule has 5 rings (SSSR count). The van der Waals surface area contributed by atoms with Crippen LogP contribution in [0.2, 0.25) is 0 Å². The van der Waals surface area contributed by atoms with Gasteiger partial charge in [0.1, 0.15) is 30.4 Å². The average molecular weight is 475 g/mol. The predicted molar refractivity (Wildman–Crippen MR) is 134 cm³/mol. The number of hydrogen-bond acceptors (Lipinski definition) is 7. The van der Waals surface area contributed by atoms with Crippen molar-refractivity contribution < 1.29 is 9.47 Å². The van der Waals surface area contributed by atoms with Crippen LogP contribution in [0.15, 0.2) is 72.6 Å². The molecule has 2 aromatic heterocycles. The fourth-order valence-corrected chi connectivity index (χ4v) is 4.84. The molecule has 35 heavy (non-hydrogen) atoms. The van der Waals surface area contributed by atoms with Gasteiger partial charge in [-0.15, -0.1) is 0 Å².